The lowest BCUT2D eigenvalue weighted by Crippen LogP contribution is -2.37. The Morgan fingerprint density at radius 2 is 1.82 bits per heavy atom. The third-order valence-corrected chi connectivity index (χ3v) is 7.08. The Kier molecular flexibility index (Phi) is 9.50. The fraction of sp³-hybridized carbons (Fsp3) is 0.444. The molecule has 0 aliphatic carbocycles. The number of hydrogen-bond acceptors (Lipinski definition) is 8. The second-order valence-corrected chi connectivity index (χ2v) is 11.4. The summed E-state index contributed by atoms with van der Waals surface area (Å²) < 4.78 is 35.9. The highest BCUT2D eigenvalue weighted by molar-refractivity contribution is 7.90. The van der Waals surface area contributed by atoms with Crippen LogP contribution in [-0.2, 0) is 21.1 Å². The van der Waals surface area contributed by atoms with Crippen molar-refractivity contribution in [3.63, 3.8) is 0 Å². The van der Waals surface area contributed by atoms with Crippen LogP contribution < -0.4 is 14.8 Å². The Morgan fingerprint density at radius 1 is 1.08 bits per heavy atom. The molecular weight excluding hydrogens is 512 g/mol. The van der Waals surface area contributed by atoms with Crippen LogP contribution in [0.25, 0.3) is 0 Å². The van der Waals surface area contributed by atoms with E-state index >= 15 is 0 Å². The zero-order valence-corrected chi connectivity index (χ0v) is 22.9. The molecule has 1 aliphatic heterocycles. The largest absolute Gasteiger partial charge is 0.493 e. The third kappa shape index (κ3) is 6.70. The lowest BCUT2D eigenvalue weighted by atomic mass is 9.99. The van der Waals surface area contributed by atoms with Crippen molar-refractivity contribution in [2.24, 2.45) is 0 Å². The Bertz CT molecular complexity index is 1320. The molecule has 10 nitrogen and oxygen atoms in total. The van der Waals surface area contributed by atoms with Crippen molar-refractivity contribution < 1.29 is 37.4 Å². The molecule has 0 spiro atoms. The quantitative estimate of drug-likeness (QED) is 0.289. The zero-order chi connectivity index (χ0) is 28.0. The minimum Gasteiger partial charge on any atom is -0.493 e. The molecule has 11 heteroatoms. The summed E-state index contributed by atoms with van der Waals surface area (Å²) in [5.41, 5.74) is 1.48. The summed E-state index contributed by atoms with van der Waals surface area (Å²) in [5.74, 6) is -1.46. The first-order valence-corrected chi connectivity index (χ1v) is 14.5. The maximum absolute atomic E-state index is 13.7. The van der Waals surface area contributed by atoms with E-state index in [1.165, 1.54) is 14.0 Å². The van der Waals surface area contributed by atoms with Gasteiger partial charge in [-0.3, -0.25) is 19.3 Å². The number of imide groups is 1. The number of benzene rings is 2. The Labute approximate surface area is 222 Å². The number of amides is 3. The lowest BCUT2D eigenvalue weighted by Gasteiger charge is -2.27. The van der Waals surface area contributed by atoms with E-state index in [0.29, 0.717) is 36.5 Å². The lowest BCUT2D eigenvalue weighted by molar-refractivity contribution is -0.114. The molecule has 1 heterocycles. The van der Waals surface area contributed by atoms with E-state index in [1.807, 2.05) is 0 Å². The number of unbranched alkanes of at least 4 members (excludes halogenated alkanes) is 2. The van der Waals surface area contributed by atoms with Gasteiger partial charge in [0.2, 0.25) is 5.91 Å². The summed E-state index contributed by atoms with van der Waals surface area (Å²) in [6.07, 6.45) is 3.78. The number of sulfone groups is 1. The summed E-state index contributed by atoms with van der Waals surface area (Å²) in [5, 5.41) is 11.7. The van der Waals surface area contributed by atoms with Gasteiger partial charge < -0.3 is 19.9 Å². The molecule has 2 N–H and O–H groups in total. The van der Waals surface area contributed by atoms with Gasteiger partial charge in [0.25, 0.3) is 11.8 Å². The second-order valence-electron chi connectivity index (χ2n) is 9.21. The van der Waals surface area contributed by atoms with E-state index in [9.17, 15) is 22.8 Å². The van der Waals surface area contributed by atoms with Crippen LogP contribution in [0, 0.1) is 0 Å². The monoisotopic (exact) mass is 546 g/mol. The number of rotatable bonds is 13. The first-order chi connectivity index (χ1) is 18.0. The van der Waals surface area contributed by atoms with Crippen LogP contribution in [0.5, 0.6) is 11.5 Å². The number of aryl methyl sites for hydroxylation is 1. The van der Waals surface area contributed by atoms with Gasteiger partial charge in [0, 0.05) is 19.8 Å². The summed E-state index contributed by atoms with van der Waals surface area (Å²) >= 11 is 0. The molecule has 2 aromatic carbocycles. The minimum absolute atomic E-state index is 0.0290. The van der Waals surface area contributed by atoms with Crippen molar-refractivity contribution in [3.05, 3.63) is 52.6 Å². The topological polar surface area (TPSA) is 139 Å². The number of carbonyl (C=O) groups excluding carboxylic acids is 3. The Balaban J connectivity index is 2.10. The normalized spacial score (nSPS) is 13.9. The Hall–Kier alpha value is -3.44. The summed E-state index contributed by atoms with van der Waals surface area (Å²) in [4.78, 5) is 40.3. The van der Waals surface area contributed by atoms with E-state index in [1.54, 1.807) is 37.3 Å². The number of anilines is 1. The first-order valence-electron chi connectivity index (χ1n) is 12.4. The van der Waals surface area contributed by atoms with Crippen molar-refractivity contribution in [2.75, 3.05) is 37.6 Å². The maximum atomic E-state index is 13.7. The van der Waals surface area contributed by atoms with Crippen LogP contribution in [0.2, 0.25) is 0 Å². The SMILES string of the molecule is CCOc1cc([C@@H](CS(C)(=O)=O)N2C(=O)c3cc(CCCCCO)cc(NC(C)=O)c3C2=O)ccc1OC. The number of aliphatic hydroxyl groups excluding tert-OH is 1. The molecule has 206 valence electrons. The van der Waals surface area contributed by atoms with E-state index in [-0.39, 0.29) is 23.4 Å². The van der Waals surface area contributed by atoms with Crippen molar-refractivity contribution in [1.29, 1.82) is 0 Å². The number of fused-ring (bicyclic) bond motifs is 1. The van der Waals surface area contributed by atoms with Gasteiger partial charge in [0.1, 0.15) is 9.84 Å². The van der Waals surface area contributed by atoms with E-state index < -0.39 is 39.4 Å². The summed E-state index contributed by atoms with van der Waals surface area (Å²) in [6.45, 7) is 3.50. The van der Waals surface area contributed by atoms with E-state index in [4.69, 9.17) is 14.6 Å². The van der Waals surface area contributed by atoms with Gasteiger partial charge in [0.05, 0.1) is 42.3 Å². The van der Waals surface area contributed by atoms with Crippen LogP contribution in [0.4, 0.5) is 5.69 Å². The number of nitrogens with one attached hydrogen (secondary N) is 1. The molecule has 2 aromatic rings. The smallest absolute Gasteiger partial charge is 0.264 e. The number of ether oxygens (including phenoxy) is 2. The van der Waals surface area contributed by atoms with Gasteiger partial charge >= 0.3 is 0 Å². The van der Waals surface area contributed by atoms with Crippen LogP contribution in [-0.4, -0.2) is 68.5 Å². The predicted octanol–water partition coefficient (Wildman–Crippen LogP) is 3.14. The predicted molar refractivity (Wildman–Crippen MR) is 143 cm³/mol. The van der Waals surface area contributed by atoms with Crippen molar-refractivity contribution >= 4 is 33.2 Å². The molecule has 0 fully saturated rings. The van der Waals surface area contributed by atoms with E-state index in [0.717, 1.165) is 29.6 Å². The minimum atomic E-state index is -3.65. The van der Waals surface area contributed by atoms with Crippen molar-refractivity contribution in [1.82, 2.24) is 4.90 Å². The second kappa shape index (κ2) is 12.4. The summed E-state index contributed by atoms with van der Waals surface area (Å²) in [7, 11) is -2.17. The molecule has 0 radical (unpaired) electrons. The standard InChI is InChI=1S/C27H34N2O8S/c1-5-37-24-15-19(10-11-23(24)36-3)22(16-38(4,34)35)29-26(32)20-13-18(9-7-6-8-12-30)14-21(28-17(2)31)25(20)27(29)33/h10-11,13-15,22,30H,5-9,12,16H2,1-4H3,(H,28,31)/t22-/m1/s1. The Morgan fingerprint density at radius 3 is 2.42 bits per heavy atom. The molecule has 0 unspecified atom stereocenters. The van der Waals surface area contributed by atoms with Gasteiger partial charge in [-0.25, -0.2) is 8.42 Å². The fourth-order valence-electron chi connectivity index (χ4n) is 4.55. The fourth-order valence-corrected chi connectivity index (χ4v) is 5.47. The van der Waals surface area contributed by atoms with Crippen LogP contribution >= 0.6 is 0 Å². The van der Waals surface area contributed by atoms with E-state index in [2.05, 4.69) is 5.32 Å². The van der Waals surface area contributed by atoms with Gasteiger partial charge in [-0.15, -0.1) is 0 Å². The molecule has 0 bridgehead atoms. The zero-order valence-electron chi connectivity index (χ0n) is 22.1. The highest BCUT2D eigenvalue weighted by Crippen LogP contribution is 2.39. The molecule has 1 atom stereocenters. The maximum Gasteiger partial charge on any atom is 0.264 e. The van der Waals surface area contributed by atoms with Crippen molar-refractivity contribution in [2.45, 2.75) is 45.6 Å². The van der Waals surface area contributed by atoms with Gasteiger partial charge in [-0.2, -0.15) is 0 Å². The number of nitrogens with zero attached hydrogens (tertiary/aromatic N) is 1. The average molecular weight is 547 g/mol. The van der Waals surface area contributed by atoms with Gasteiger partial charge in [-0.05, 0) is 61.6 Å². The molecule has 38 heavy (non-hydrogen) atoms. The molecule has 1 aliphatic rings. The van der Waals surface area contributed by atoms with Crippen LogP contribution in [0.3, 0.4) is 0 Å². The van der Waals surface area contributed by atoms with Gasteiger partial charge in [0.15, 0.2) is 11.5 Å². The molecular formula is C27H34N2O8S. The van der Waals surface area contributed by atoms with Crippen LogP contribution in [0.15, 0.2) is 30.3 Å². The molecule has 0 saturated carbocycles. The molecule has 3 amide bonds. The molecule has 3 rings (SSSR count). The molecule has 0 saturated heterocycles. The number of methoxy groups -OCH3 is 1. The highest BCUT2D eigenvalue weighted by atomic mass is 32.2. The number of aliphatic hydroxyl groups is 1. The third-order valence-electron chi connectivity index (χ3n) is 6.16. The highest BCUT2D eigenvalue weighted by Gasteiger charge is 2.43. The first kappa shape index (κ1) is 29.1. The number of hydrogen-bond donors (Lipinski definition) is 2. The van der Waals surface area contributed by atoms with Gasteiger partial charge in [-0.1, -0.05) is 12.5 Å². The average Bonchev–Trinajstić information content (AvgIpc) is 3.09. The van der Waals surface area contributed by atoms with Crippen LogP contribution in [0.1, 0.15) is 71.0 Å². The van der Waals surface area contributed by atoms with Crippen molar-refractivity contribution in [3.8, 4) is 11.5 Å². The number of carbonyl (C=O) groups is 3. The summed E-state index contributed by atoms with van der Waals surface area (Å²) in [6, 6.07) is 6.92. The molecule has 0 aromatic heterocycles.